The van der Waals surface area contributed by atoms with Crippen molar-refractivity contribution in [3.05, 3.63) is 0 Å². The molecule has 0 saturated heterocycles. The van der Waals surface area contributed by atoms with Crippen LogP contribution in [0.4, 0.5) is 8.78 Å². The van der Waals surface area contributed by atoms with Crippen molar-refractivity contribution < 1.29 is 13.9 Å². The van der Waals surface area contributed by atoms with E-state index in [-0.39, 0.29) is 0 Å². The smallest absolute Gasteiger partial charge is 0.282 e. The molecule has 0 heterocycles. The lowest BCUT2D eigenvalue weighted by Gasteiger charge is -2.13. The van der Waals surface area contributed by atoms with Gasteiger partial charge in [-0.15, -0.1) is 0 Å². The topological polar surface area (TPSA) is 56.0 Å². The van der Waals surface area contributed by atoms with Crippen LogP contribution in [0.2, 0.25) is 0 Å². The van der Waals surface area contributed by atoms with Crippen LogP contribution in [-0.2, 0) is 0 Å². The first-order valence-electron chi connectivity index (χ1n) is 3.69. The van der Waals surface area contributed by atoms with E-state index in [2.05, 4.69) is 5.32 Å². The van der Waals surface area contributed by atoms with Gasteiger partial charge in [0.15, 0.2) is 0 Å². The number of hydrogen-bond donors (Lipinski definition) is 2. The predicted molar refractivity (Wildman–Crippen MR) is 39.7 cm³/mol. The standard InChI is InChI=1S/C7H12F2N2O/c8-7(9,6-12)5-11-4-2-1-3-10/h11-12H,1-2,4-6H2. The summed E-state index contributed by atoms with van der Waals surface area (Å²) in [5, 5.41) is 18.7. The maximum absolute atomic E-state index is 12.3. The third kappa shape index (κ3) is 6.01. The van der Waals surface area contributed by atoms with Crippen molar-refractivity contribution >= 4 is 0 Å². The lowest BCUT2D eigenvalue weighted by Crippen LogP contribution is -2.36. The number of unbranched alkanes of at least 4 members (excludes halogenated alkanes) is 1. The van der Waals surface area contributed by atoms with E-state index in [1.807, 2.05) is 6.07 Å². The van der Waals surface area contributed by atoms with Crippen molar-refractivity contribution in [2.75, 3.05) is 19.7 Å². The number of nitriles is 1. The van der Waals surface area contributed by atoms with Crippen LogP contribution in [0.5, 0.6) is 0 Å². The van der Waals surface area contributed by atoms with Gasteiger partial charge < -0.3 is 10.4 Å². The van der Waals surface area contributed by atoms with Gasteiger partial charge in [-0.3, -0.25) is 0 Å². The highest BCUT2D eigenvalue weighted by Gasteiger charge is 2.26. The Morgan fingerprint density at radius 2 is 2.17 bits per heavy atom. The minimum Gasteiger partial charge on any atom is -0.390 e. The van der Waals surface area contributed by atoms with Crippen LogP contribution in [0.1, 0.15) is 12.8 Å². The van der Waals surface area contributed by atoms with Crippen LogP contribution in [0, 0.1) is 11.3 Å². The first kappa shape index (κ1) is 11.3. The number of aliphatic hydroxyl groups excluding tert-OH is 1. The summed E-state index contributed by atoms with van der Waals surface area (Å²) >= 11 is 0. The Labute approximate surface area is 70.0 Å². The Hall–Kier alpha value is -0.730. The fourth-order valence-electron chi connectivity index (χ4n) is 0.620. The molecule has 70 valence electrons. The molecule has 0 aliphatic heterocycles. The Morgan fingerprint density at radius 1 is 1.50 bits per heavy atom. The van der Waals surface area contributed by atoms with E-state index in [9.17, 15) is 8.78 Å². The molecule has 0 aromatic rings. The molecular formula is C7H12F2N2O. The third-order valence-corrected chi connectivity index (χ3v) is 1.26. The third-order valence-electron chi connectivity index (χ3n) is 1.26. The minimum atomic E-state index is -3.05. The molecule has 0 unspecified atom stereocenters. The molecule has 2 N–H and O–H groups in total. The molecule has 0 rings (SSSR count). The summed E-state index contributed by atoms with van der Waals surface area (Å²) in [6.45, 7) is -1.30. The van der Waals surface area contributed by atoms with Gasteiger partial charge >= 0.3 is 0 Å². The molecule has 0 aromatic carbocycles. The SMILES string of the molecule is N#CCCCNCC(F)(F)CO. The van der Waals surface area contributed by atoms with E-state index in [1.54, 1.807) is 0 Å². The van der Waals surface area contributed by atoms with Crippen molar-refractivity contribution in [3.63, 3.8) is 0 Å². The summed E-state index contributed by atoms with van der Waals surface area (Å²) in [7, 11) is 0. The van der Waals surface area contributed by atoms with Gasteiger partial charge in [-0.05, 0) is 13.0 Å². The molecule has 0 bridgehead atoms. The number of hydrogen-bond acceptors (Lipinski definition) is 3. The molecule has 0 saturated carbocycles. The second kappa shape index (κ2) is 5.86. The summed E-state index contributed by atoms with van der Waals surface area (Å²) in [5.41, 5.74) is 0. The van der Waals surface area contributed by atoms with Gasteiger partial charge in [0.1, 0.15) is 6.61 Å². The van der Waals surface area contributed by atoms with Crippen LogP contribution in [0.25, 0.3) is 0 Å². The summed E-state index contributed by atoms with van der Waals surface area (Å²) < 4.78 is 24.6. The van der Waals surface area contributed by atoms with Gasteiger partial charge in [0.05, 0.1) is 12.6 Å². The van der Waals surface area contributed by atoms with Crippen molar-refractivity contribution in [1.29, 1.82) is 5.26 Å². The molecule has 0 aliphatic carbocycles. The fraction of sp³-hybridized carbons (Fsp3) is 0.857. The Balaban J connectivity index is 3.26. The Bertz CT molecular complexity index is 156. The molecule has 3 nitrogen and oxygen atoms in total. The maximum atomic E-state index is 12.3. The number of nitrogens with zero attached hydrogens (tertiary/aromatic N) is 1. The molecule has 0 fully saturated rings. The molecule has 0 atom stereocenters. The fourth-order valence-corrected chi connectivity index (χ4v) is 0.620. The number of rotatable bonds is 6. The van der Waals surface area contributed by atoms with E-state index in [1.165, 1.54) is 0 Å². The average molecular weight is 178 g/mol. The minimum absolute atomic E-state index is 0.359. The van der Waals surface area contributed by atoms with E-state index >= 15 is 0 Å². The van der Waals surface area contributed by atoms with Crippen LogP contribution in [-0.4, -0.2) is 30.7 Å². The van der Waals surface area contributed by atoms with E-state index in [0.29, 0.717) is 19.4 Å². The average Bonchev–Trinajstić information content (AvgIpc) is 2.04. The van der Waals surface area contributed by atoms with Crippen molar-refractivity contribution in [3.8, 4) is 6.07 Å². The van der Waals surface area contributed by atoms with Gasteiger partial charge in [0, 0.05) is 6.42 Å². The molecule has 5 heteroatoms. The largest absolute Gasteiger partial charge is 0.390 e. The first-order valence-corrected chi connectivity index (χ1v) is 3.69. The van der Waals surface area contributed by atoms with Crippen molar-refractivity contribution in [2.24, 2.45) is 0 Å². The second-order valence-corrected chi connectivity index (χ2v) is 2.45. The summed E-state index contributed by atoms with van der Waals surface area (Å²) in [6.07, 6.45) is 0.912. The monoisotopic (exact) mass is 178 g/mol. The quantitative estimate of drug-likeness (QED) is 0.582. The predicted octanol–water partition coefficient (Wildman–Crippen LogP) is 0.507. The lowest BCUT2D eigenvalue weighted by atomic mass is 10.3. The van der Waals surface area contributed by atoms with Crippen LogP contribution < -0.4 is 5.32 Å². The second-order valence-electron chi connectivity index (χ2n) is 2.45. The zero-order valence-corrected chi connectivity index (χ0v) is 6.69. The van der Waals surface area contributed by atoms with Crippen LogP contribution >= 0.6 is 0 Å². The highest BCUT2D eigenvalue weighted by Crippen LogP contribution is 2.09. The normalized spacial score (nSPS) is 11.2. The number of halogens is 2. The number of aliphatic hydroxyl groups is 1. The number of nitrogens with one attached hydrogen (secondary N) is 1. The van der Waals surface area contributed by atoms with Gasteiger partial charge in [-0.25, -0.2) is 8.78 Å². The Kier molecular flexibility index (Phi) is 5.51. The summed E-state index contributed by atoms with van der Waals surface area (Å²) in [4.78, 5) is 0. The molecule has 0 radical (unpaired) electrons. The van der Waals surface area contributed by atoms with E-state index < -0.39 is 19.1 Å². The molecular weight excluding hydrogens is 166 g/mol. The first-order chi connectivity index (χ1) is 5.62. The van der Waals surface area contributed by atoms with Crippen LogP contribution in [0.15, 0.2) is 0 Å². The van der Waals surface area contributed by atoms with Crippen LogP contribution in [0.3, 0.4) is 0 Å². The van der Waals surface area contributed by atoms with E-state index in [0.717, 1.165) is 0 Å². The van der Waals surface area contributed by atoms with Gasteiger partial charge in [-0.1, -0.05) is 0 Å². The maximum Gasteiger partial charge on any atom is 0.282 e. The van der Waals surface area contributed by atoms with Crippen molar-refractivity contribution in [1.82, 2.24) is 5.32 Å². The summed E-state index contributed by atoms with van der Waals surface area (Å²) in [6, 6.07) is 1.90. The molecule has 0 aromatic heterocycles. The molecule has 0 aliphatic rings. The van der Waals surface area contributed by atoms with Crippen molar-refractivity contribution in [2.45, 2.75) is 18.8 Å². The lowest BCUT2D eigenvalue weighted by molar-refractivity contribution is -0.0474. The zero-order chi connectivity index (χ0) is 9.45. The molecule has 0 amide bonds. The highest BCUT2D eigenvalue weighted by atomic mass is 19.3. The van der Waals surface area contributed by atoms with E-state index in [4.69, 9.17) is 10.4 Å². The summed E-state index contributed by atoms with van der Waals surface area (Å²) in [5.74, 6) is -3.05. The van der Waals surface area contributed by atoms with Gasteiger partial charge in [0.2, 0.25) is 0 Å². The van der Waals surface area contributed by atoms with Gasteiger partial charge in [-0.2, -0.15) is 5.26 Å². The number of alkyl halides is 2. The zero-order valence-electron chi connectivity index (χ0n) is 6.69. The van der Waals surface area contributed by atoms with Gasteiger partial charge in [0.25, 0.3) is 5.92 Å². The highest BCUT2D eigenvalue weighted by molar-refractivity contribution is 4.71. The molecule has 0 spiro atoms. The Morgan fingerprint density at radius 3 is 2.67 bits per heavy atom. The molecule has 12 heavy (non-hydrogen) atoms.